The number of nitrogen functional groups attached to an aromatic ring is 1. The van der Waals surface area contributed by atoms with E-state index in [1.54, 1.807) is 12.1 Å². The zero-order chi connectivity index (χ0) is 19.3. The summed E-state index contributed by atoms with van der Waals surface area (Å²) < 4.78 is 4.93. The molecular formula is C22H26N2O3. The van der Waals surface area contributed by atoms with Crippen molar-refractivity contribution in [3.8, 4) is 0 Å². The maximum atomic E-state index is 13.3. The molecule has 2 aromatic carbocycles. The van der Waals surface area contributed by atoms with E-state index in [4.69, 9.17) is 10.5 Å². The van der Waals surface area contributed by atoms with Crippen LogP contribution in [0.3, 0.4) is 0 Å². The molecule has 1 amide bonds. The van der Waals surface area contributed by atoms with Crippen LogP contribution in [0, 0.1) is 0 Å². The van der Waals surface area contributed by atoms with Crippen LogP contribution in [0.5, 0.6) is 0 Å². The number of nitrogens with two attached hydrogens (primary N) is 1. The molecule has 0 heterocycles. The van der Waals surface area contributed by atoms with Crippen LogP contribution in [0.15, 0.2) is 54.6 Å². The summed E-state index contributed by atoms with van der Waals surface area (Å²) in [5, 5.41) is 2.97. The third kappa shape index (κ3) is 4.13. The maximum absolute atomic E-state index is 13.3. The second-order valence-electron chi connectivity index (χ2n) is 7.15. The number of esters is 1. The number of nitrogens with one attached hydrogen (secondary N) is 1. The lowest BCUT2D eigenvalue weighted by Crippen LogP contribution is -2.50. The summed E-state index contributed by atoms with van der Waals surface area (Å²) in [6.45, 7) is 0. The summed E-state index contributed by atoms with van der Waals surface area (Å²) in [5.41, 5.74) is 7.74. The summed E-state index contributed by atoms with van der Waals surface area (Å²) in [7, 11) is 1.34. The number of rotatable bonds is 6. The molecule has 0 spiro atoms. The Labute approximate surface area is 159 Å². The Morgan fingerprint density at radius 2 is 1.70 bits per heavy atom. The number of carbonyl (C=O) groups excluding carboxylic acids is 2. The predicted molar refractivity (Wildman–Crippen MR) is 105 cm³/mol. The lowest BCUT2D eigenvalue weighted by atomic mass is 9.77. The second kappa shape index (κ2) is 8.25. The fraction of sp³-hybridized carbons (Fsp3) is 0.364. The van der Waals surface area contributed by atoms with E-state index >= 15 is 0 Å². The van der Waals surface area contributed by atoms with Gasteiger partial charge in [-0.15, -0.1) is 0 Å². The van der Waals surface area contributed by atoms with Crippen LogP contribution in [0.25, 0.3) is 0 Å². The zero-order valence-electron chi connectivity index (χ0n) is 15.6. The summed E-state index contributed by atoms with van der Waals surface area (Å²) in [6.07, 6.45) is 3.95. The molecule has 0 bridgehead atoms. The lowest BCUT2D eigenvalue weighted by molar-refractivity contribution is -0.145. The molecule has 0 unspecified atom stereocenters. The molecule has 1 aliphatic rings. The third-order valence-corrected chi connectivity index (χ3v) is 5.43. The first kappa shape index (κ1) is 19.0. The van der Waals surface area contributed by atoms with E-state index in [-0.39, 0.29) is 5.91 Å². The van der Waals surface area contributed by atoms with Gasteiger partial charge in [0.2, 0.25) is 5.91 Å². The van der Waals surface area contributed by atoms with E-state index in [0.29, 0.717) is 12.1 Å². The lowest BCUT2D eigenvalue weighted by Gasteiger charge is -2.30. The molecule has 5 heteroatoms. The Balaban J connectivity index is 1.82. The number of ether oxygens (including phenoxy) is 1. The van der Waals surface area contributed by atoms with Crippen LogP contribution >= 0.6 is 0 Å². The van der Waals surface area contributed by atoms with Gasteiger partial charge in [0.15, 0.2) is 0 Å². The number of hydrogen-bond acceptors (Lipinski definition) is 4. The van der Waals surface area contributed by atoms with Crippen molar-refractivity contribution in [2.75, 3.05) is 12.8 Å². The normalized spacial score (nSPS) is 16.5. The summed E-state index contributed by atoms with van der Waals surface area (Å²) in [4.78, 5) is 25.6. The van der Waals surface area contributed by atoms with Crippen molar-refractivity contribution in [1.29, 1.82) is 0 Å². The van der Waals surface area contributed by atoms with E-state index in [2.05, 4.69) is 5.32 Å². The van der Waals surface area contributed by atoms with Crippen LogP contribution in [0.1, 0.15) is 36.8 Å². The molecule has 1 aliphatic carbocycles. The van der Waals surface area contributed by atoms with Crippen molar-refractivity contribution < 1.29 is 14.3 Å². The van der Waals surface area contributed by atoms with E-state index in [1.165, 1.54) is 7.11 Å². The smallest absolute Gasteiger partial charge is 0.328 e. The van der Waals surface area contributed by atoms with Gasteiger partial charge in [-0.25, -0.2) is 4.79 Å². The molecule has 3 rings (SSSR count). The fourth-order valence-corrected chi connectivity index (χ4v) is 3.90. The van der Waals surface area contributed by atoms with Gasteiger partial charge >= 0.3 is 5.97 Å². The monoisotopic (exact) mass is 366 g/mol. The van der Waals surface area contributed by atoms with Gasteiger partial charge in [-0.3, -0.25) is 4.79 Å². The summed E-state index contributed by atoms with van der Waals surface area (Å²) >= 11 is 0. The third-order valence-electron chi connectivity index (χ3n) is 5.43. The van der Waals surface area contributed by atoms with Crippen molar-refractivity contribution >= 4 is 17.6 Å². The largest absolute Gasteiger partial charge is 0.467 e. The molecule has 1 saturated carbocycles. The predicted octanol–water partition coefficient (Wildman–Crippen LogP) is 2.98. The number of hydrogen-bond donors (Lipinski definition) is 2. The fourth-order valence-electron chi connectivity index (χ4n) is 3.90. The van der Waals surface area contributed by atoms with Gasteiger partial charge in [0.25, 0.3) is 0 Å². The average Bonchev–Trinajstić information content (AvgIpc) is 3.20. The molecule has 5 nitrogen and oxygen atoms in total. The molecule has 0 radical (unpaired) electrons. The van der Waals surface area contributed by atoms with E-state index in [9.17, 15) is 9.59 Å². The molecule has 0 saturated heterocycles. The van der Waals surface area contributed by atoms with Gasteiger partial charge in [0.05, 0.1) is 12.5 Å². The molecule has 1 atom stereocenters. The second-order valence-corrected chi connectivity index (χ2v) is 7.15. The minimum atomic E-state index is -0.729. The molecule has 1 fully saturated rings. The van der Waals surface area contributed by atoms with Crippen LogP contribution < -0.4 is 11.1 Å². The highest BCUT2D eigenvalue weighted by atomic mass is 16.5. The van der Waals surface area contributed by atoms with Crippen LogP contribution in [-0.4, -0.2) is 25.0 Å². The Hall–Kier alpha value is -2.82. The summed E-state index contributed by atoms with van der Waals surface area (Å²) in [6, 6.07) is 16.4. The summed E-state index contributed by atoms with van der Waals surface area (Å²) in [5.74, 6) is -0.543. The van der Waals surface area contributed by atoms with Crippen molar-refractivity contribution in [3.05, 3.63) is 65.7 Å². The van der Waals surface area contributed by atoms with Crippen LogP contribution in [0.2, 0.25) is 0 Å². The molecule has 3 N–H and O–H groups in total. The number of carbonyl (C=O) groups is 2. The number of benzene rings is 2. The first-order valence-corrected chi connectivity index (χ1v) is 9.34. The van der Waals surface area contributed by atoms with Gasteiger partial charge in [0, 0.05) is 12.1 Å². The van der Waals surface area contributed by atoms with E-state index < -0.39 is 17.4 Å². The minimum absolute atomic E-state index is 0.1000. The highest BCUT2D eigenvalue weighted by Crippen LogP contribution is 2.41. The first-order valence-electron chi connectivity index (χ1n) is 9.34. The number of anilines is 1. The highest BCUT2D eigenvalue weighted by molar-refractivity contribution is 5.92. The zero-order valence-corrected chi connectivity index (χ0v) is 15.6. The topological polar surface area (TPSA) is 81.4 Å². The number of amides is 1. The Kier molecular flexibility index (Phi) is 5.79. The van der Waals surface area contributed by atoms with Crippen molar-refractivity contribution in [1.82, 2.24) is 5.32 Å². The van der Waals surface area contributed by atoms with Crippen molar-refractivity contribution in [2.24, 2.45) is 0 Å². The number of methoxy groups -OCH3 is 1. The van der Waals surface area contributed by atoms with Gasteiger partial charge in [-0.05, 0) is 36.1 Å². The highest BCUT2D eigenvalue weighted by Gasteiger charge is 2.43. The average molecular weight is 366 g/mol. The van der Waals surface area contributed by atoms with Gasteiger partial charge < -0.3 is 15.8 Å². The molecule has 0 aromatic heterocycles. The van der Waals surface area contributed by atoms with Gasteiger partial charge in [0.1, 0.15) is 6.04 Å². The molecular weight excluding hydrogens is 340 g/mol. The van der Waals surface area contributed by atoms with Crippen molar-refractivity contribution in [3.63, 3.8) is 0 Å². The Morgan fingerprint density at radius 3 is 2.30 bits per heavy atom. The standard InChI is InChI=1S/C22H26N2O3/c1-27-20(25)19(15-16-9-11-18(23)12-10-16)24-21(26)22(13-5-6-14-22)17-7-3-2-4-8-17/h2-4,7-12,19H,5-6,13-15,23H2,1H3,(H,24,26)/t19-/m0/s1. The molecule has 2 aromatic rings. The van der Waals surface area contributed by atoms with Crippen LogP contribution in [-0.2, 0) is 26.2 Å². The Morgan fingerprint density at radius 1 is 1.07 bits per heavy atom. The van der Waals surface area contributed by atoms with E-state index in [0.717, 1.165) is 36.8 Å². The van der Waals surface area contributed by atoms with Gasteiger partial charge in [-0.2, -0.15) is 0 Å². The van der Waals surface area contributed by atoms with E-state index in [1.807, 2.05) is 42.5 Å². The maximum Gasteiger partial charge on any atom is 0.328 e. The first-order chi connectivity index (χ1) is 13.0. The SMILES string of the molecule is COC(=O)[C@H](Cc1ccc(N)cc1)NC(=O)C1(c2ccccc2)CCCC1. The molecule has 27 heavy (non-hydrogen) atoms. The van der Waals surface area contributed by atoms with Crippen LogP contribution in [0.4, 0.5) is 5.69 Å². The molecule has 0 aliphatic heterocycles. The van der Waals surface area contributed by atoms with Gasteiger partial charge in [-0.1, -0.05) is 55.3 Å². The quantitative estimate of drug-likeness (QED) is 0.608. The van der Waals surface area contributed by atoms with Crippen molar-refractivity contribution in [2.45, 2.75) is 43.6 Å². The Bertz CT molecular complexity index is 781. The molecule has 142 valence electrons. The minimum Gasteiger partial charge on any atom is -0.467 e.